The molecule has 0 bridgehead atoms. The maximum atomic E-state index is 13.5. The number of hydrogen-bond acceptors (Lipinski definition) is 7. The van der Waals surface area contributed by atoms with Gasteiger partial charge in [0.2, 0.25) is 15.9 Å². The standard InChI is InChI=1S/C23H25N3O6S/c1-16-22(21(32-25-16)11-10-19-9-5-13-31-19)33(28,29)26-12-4-6-17(15-26)23(27)24-18-7-3-8-20(14-18)30-2/h3,5,7-11,13-14,17H,4,6,12,15H2,1-2H3,(H,24,27)/b11-10+/t17-/m1/s1. The molecule has 1 N–H and O–H groups in total. The summed E-state index contributed by atoms with van der Waals surface area (Å²) in [5.41, 5.74) is 0.858. The van der Waals surface area contributed by atoms with Crippen LogP contribution in [0.5, 0.6) is 5.75 Å². The molecule has 174 valence electrons. The molecule has 0 unspecified atom stereocenters. The number of nitrogens with one attached hydrogen (secondary N) is 1. The summed E-state index contributed by atoms with van der Waals surface area (Å²) >= 11 is 0. The molecule has 1 saturated heterocycles. The number of ether oxygens (including phenoxy) is 1. The van der Waals surface area contributed by atoms with Crippen molar-refractivity contribution >= 4 is 33.8 Å². The molecule has 0 saturated carbocycles. The molecule has 9 nitrogen and oxygen atoms in total. The zero-order valence-corrected chi connectivity index (χ0v) is 19.2. The van der Waals surface area contributed by atoms with Crippen molar-refractivity contribution in [2.24, 2.45) is 5.92 Å². The van der Waals surface area contributed by atoms with Gasteiger partial charge in [-0.1, -0.05) is 11.2 Å². The lowest BCUT2D eigenvalue weighted by molar-refractivity contribution is -0.120. The van der Waals surface area contributed by atoms with Crippen LogP contribution in [0, 0.1) is 12.8 Å². The van der Waals surface area contributed by atoms with Crippen LogP contribution < -0.4 is 10.1 Å². The highest BCUT2D eigenvalue weighted by atomic mass is 32.2. The van der Waals surface area contributed by atoms with Gasteiger partial charge in [0.25, 0.3) is 0 Å². The van der Waals surface area contributed by atoms with Gasteiger partial charge in [-0.15, -0.1) is 0 Å². The van der Waals surface area contributed by atoms with Crippen LogP contribution >= 0.6 is 0 Å². The molecule has 2 aromatic heterocycles. The van der Waals surface area contributed by atoms with Crippen molar-refractivity contribution in [2.45, 2.75) is 24.7 Å². The number of furan rings is 1. The van der Waals surface area contributed by atoms with Gasteiger partial charge in [0, 0.05) is 24.8 Å². The molecular weight excluding hydrogens is 446 g/mol. The first-order chi connectivity index (χ1) is 15.9. The summed E-state index contributed by atoms with van der Waals surface area (Å²) in [6.45, 7) is 1.97. The summed E-state index contributed by atoms with van der Waals surface area (Å²) < 4.78 is 44.0. The molecule has 1 fully saturated rings. The number of aromatic nitrogens is 1. The average molecular weight is 472 g/mol. The summed E-state index contributed by atoms with van der Waals surface area (Å²) in [6, 6.07) is 10.5. The van der Waals surface area contributed by atoms with Crippen LogP contribution in [-0.2, 0) is 14.8 Å². The zero-order valence-electron chi connectivity index (χ0n) is 18.4. The van der Waals surface area contributed by atoms with E-state index >= 15 is 0 Å². The monoisotopic (exact) mass is 471 g/mol. The van der Waals surface area contributed by atoms with Gasteiger partial charge < -0.3 is 19.0 Å². The van der Waals surface area contributed by atoms with Crippen LogP contribution in [0.1, 0.15) is 30.1 Å². The van der Waals surface area contributed by atoms with Gasteiger partial charge in [0.15, 0.2) is 10.7 Å². The number of amides is 1. The van der Waals surface area contributed by atoms with E-state index in [-0.39, 0.29) is 28.8 Å². The Labute approximate surface area is 192 Å². The summed E-state index contributed by atoms with van der Waals surface area (Å²) in [5, 5.41) is 6.71. The molecule has 0 radical (unpaired) electrons. The number of sulfonamides is 1. The highest BCUT2D eigenvalue weighted by Crippen LogP contribution is 2.30. The van der Waals surface area contributed by atoms with E-state index in [1.165, 1.54) is 16.6 Å². The van der Waals surface area contributed by atoms with Crippen LogP contribution in [0.3, 0.4) is 0 Å². The predicted molar refractivity (Wildman–Crippen MR) is 122 cm³/mol. The molecule has 0 spiro atoms. The number of rotatable bonds is 7. The van der Waals surface area contributed by atoms with Gasteiger partial charge in [-0.2, -0.15) is 4.31 Å². The van der Waals surface area contributed by atoms with Crippen molar-refractivity contribution in [1.82, 2.24) is 9.46 Å². The Bertz CT molecular complexity index is 1250. The van der Waals surface area contributed by atoms with Gasteiger partial charge in [0.1, 0.15) is 17.2 Å². The minimum atomic E-state index is -3.93. The first kappa shape index (κ1) is 22.8. The van der Waals surface area contributed by atoms with E-state index in [0.717, 1.165) is 0 Å². The Hall–Kier alpha value is -3.37. The van der Waals surface area contributed by atoms with Gasteiger partial charge in [-0.25, -0.2) is 8.42 Å². The third-order valence-electron chi connectivity index (χ3n) is 5.47. The molecule has 33 heavy (non-hydrogen) atoms. The fourth-order valence-electron chi connectivity index (χ4n) is 3.79. The summed E-state index contributed by atoms with van der Waals surface area (Å²) in [7, 11) is -2.37. The van der Waals surface area contributed by atoms with E-state index in [9.17, 15) is 13.2 Å². The van der Waals surface area contributed by atoms with Crippen molar-refractivity contribution in [1.29, 1.82) is 0 Å². The quantitative estimate of drug-likeness (QED) is 0.557. The summed E-state index contributed by atoms with van der Waals surface area (Å²) in [5.74, 6) is 0.579. The lowest BCUT2D eigenvalue weighted by atomic mass is 9.98. The molecule has 0 aliphatic carbocycles. The molecule has 1 aliphatic rings. The highest BCUT2D eigenvalue weighted by Gasteiger charge is 2.37. The van der Waals surface area contributed by atoms with Crippen molar-refractivity contribution in [3.63, 3.8) is 0 Å². The molecule has 1 aromatic carbocycles. The average Bonchev–Trinajstić information content (AvgIpc) is 3.47. The lowest BCUT2D eigenvalue weighted by Gasteiger charge is -2.31. The maximum absolute atomic E-state index is 13.5. The Morgan fingerprint density at radius 1 is 1.27 bits per heavy atom. The summed E-state index contributed by atoms with van der Waals surface area (Å²) in [4.78, 5) is 12.9. The minimum Gasteiger partial charge on any atom is -0.497 e. The van der Waals surface area contributed by atoms with Gasteiger partial charge in [0.05, 0.1) is 19.3 Å². The number of nitrogens with zero attached hydrogens (tertiary/aromatic N) is 2. The van der Waals surface area contributed by atoms with Gasteiger partial charge in [-0.05, 0) is 56.2 Å². The molecule has 10 heteroatoms. The van der Waals surface area contributed by atoms with Gasteiger partial charge >= 0.3 is 0 Å². The van der Waals surface area contributed by atoms with E-state index < -0.39 is 15.9 Å². The van der Waals surface area contributed by atoms with Crippen LogP contribution in [0.15, 0.2) is 56.5 Å². The Balaban J connectivity index is 1.52. The minimum absolute atomic E-state index is 0.000778. The molecule has 1 aliphatic heterocycles. The van der Waals surface area contributed by atoms with Crippen molar-refractivity contribution < 1.29 is 26.9 Å². The molecule has 3 heterocycles. The normalized spacial score (nSPS) is 17.3. The maximum Gasteiger partial charge on any atom is 0.248 e. The highest BCUT2D eigenvalue weighted by molar-refractivity contribution is 7.89. The van der Waals surface area contributed by atoms with Crippen molar-refractivity contribution in [2.75, 3.05) is 25.5 Å². The van der Waals surface area contributed by atoms with E-state index in [2.05, 4.69) is 10.5 Å². The Morgan fingerprint density at radius 2 is 2.12 bits per heavy atom. The number of benzene rings is 1. The summed E-state index contributed by atoms with van der Waals surface area (Å²) in [6.07, 6.45) is 5.81. The Kier molecular flexibility index (Phi) is 6.66. The predicted octanol–water partition coefficient (Wildman–Crippen LogP) is 3.79. The molecule has 3 aromatic rings. The van der Waals surface area contributed by atoms with Gasteiger partial charge in [-0.3, -0.25) is 4.79 Å². The van der Waals surface area contributed by atoms with E-state index in [1.807, 2.05) is 0 Å². The number of methoxy groups -OCH3 is 1. The van der Waals surface area contributed by atoms with Crippen LogP contribution in [0.2, 0.25) is 0 Å². The van der Waals surface area contributed by atoms with Crippen molar-refractivity contribution in [3.8, 4) is 5.75 Å². The zero-order chi connectivity index (χ0) is 23.4. The first-order valence-corrected chi connectivity index (χ1v) is 12.0. The van der Waals surface area contributed by atoms with E-state index in [4.69, 9.17) is 13.7 Å². The van der Waals surface area contributed by atoms with E-state index in [1.54, 1.807) is 56.5 Å². The third-order valence-corrected chi connectivity index (χ3v) is 7.49. The van der Waals surface area contributed by atoms with E-state index in [0.29, 0.717) is 36.6 Å². The van der Waals surface area contributed by atoms with Crippen LogP contribution in [-0.4, -0.2) is 44.0 Å². The lowest BCUT2D eigenvalue weighted by Crippen LogP contribution is -2.43. The number of carbonyl (C=O) groups excluding carboxylic acids is 1. The van der Waals surface area contributed by atoms with Crippen molar-refractivity contribution in [3.05, 3.63) is 59.9 Å². The second kappa shape index (κ2) is 9.63. The number of aryl methyl sites for hydroxylation is 1. The Morgan fingerprint density at radius 3 is 2.88 bits per heavy atom. The molecule has 1 amide bonds. The first-order valence-electron chi connectivity index (χ1n) is 10.5. The third kappa shape index (κ3) is 5.01. The number of piperidine rings is 1. The smallest absolute Gasteiger partial charge is 0.248 e. The second-order valence-electron chi connectivity index (χ2n) is 7.73. The largest absolute Gasteiger partial charge is 0.497 e. The van der Waals surface area contributed by atoms with Crippen LogP contribution in [0.25, 0.3) is 12.2 Å². The number of carbonyl (C=O) groups is 1. The SMILES string of the molecule is COc1cccc(NC(=O)[C@@H]2CCCN(S(=O)(=O)c3c(C)noc3/C=C/c3ccco3)C2)c1. The fraction of sp³-hybridized carbons (Fsp3) is 0.304. The number of hydrogen-bond donors (Lipinski definition) is 1. The second-order valence-corrected chi connectivity index (χ2v) is 9.61. The molecular formula is C23H25N3O6S. The number of anilines is 1. The topological polar surface area (TPSA) is 115 Å². The molecule has 1 atom stereocenters. The van der Waals surface area contributed by atoms with Crippen LogP contribution in [0.4, 0.5) is 5.69 Å². The molecule has 4 rings (SSSR count). The fourth-order valence-corrected chi connectivity index (χ4v) is 5.57.